The van der Waals surface area contributed by atoms with Crippen molar-refractivity contribution >= 4 is 23.2 Å². The zero-order valence-electron chi connectivity index (χ0n) is 16.6. The largest absolute Gasteiger partial charge is 0.439 e. The van der Waals surface area contributed by atoms with Gasteiger partial charge in [-0.15, -0.1) is 11.3 Å². The minimum absolute atomic E-state index is 0.253. The first kappa shape index (κ1) is 20.5. The van der Waals surface area contributed by atoms with E-state index in [0.717, 1.165) is 22.4 Å². The molecule has 0 saturated carbocycles. The van der Waals surface area contributed by atoms with Crippen LogP contribution < -0.4 is 15.4 Å². The maximum atomic E-state index is 12.2. The maximum Gasteiger partial charge on any atom is 0.261 e. The lowest BCUT2D eigenvalue weighted by Crippen LogP contribution is -2.44. The predicted molar refractivity (Wildman–Crippen MR) is 113 cm³/mol. The summed E-state index contributed by atoms with van der Waals surface area (Å²) < 4.78 is 5.84. The molecule has 2 N–H and O–H groups in total. The Morgan fingerprint density at radius 1 is 1.17 bits per heavy atom. The summed E-state index contributed by atoms with van der Waals surface area (Å²) in [7, 11) is 0. The number of aromatic nitrogens is 1. The average Bonchev–Trinajstić information content (AvgIpc) is 3.25. The van der Waals surface area contributed by atoms with Crippen molar-refractivity contribution in [2.45, 2.75) is 33.4 Å². The second-order valence-corrected chi connectivity index (χ2v) is 7.71. The van der Waals surface area contributed by atoms with Crippen molar-refractivity contribution in [1.29, 1.82) is 0 Å². The van der Waals surface area contributed by atoms with E-state index < -0.39 is 6.04 Å². The van der Waals surface area contributed by atoms with E-state index in [9.17, 15) is 9.59 Å². The molecule has 0 bridgehead atoms. The van der Waals surface area contributed by atoms with Crippen LogP contribution in [0.15, 0.2) is 54.0 Å². The van der Waals surface area contributed by atoms with E-state index in [1.165, 1.54) is 11.3 Å². The number of pyridine rings is 1. The van der Waals surface area contributed by atoms with Crippen molar-refractivity contribution in [3.63, 3.8) is 0 Å². The van der Waals surface area contributed by atoms with Crippen LogP contribution >= 0.6 is 11.3 Å². The van der Waals surface area contributed by atoms with Crippen LogP contribution in [0.3, 0.4) is 0 Å². The molecule has 0 radical (unpaired) electrons. The summed E-state index contributed by atoms with van der Waals surface area (Å²) >= 11 is 1.33. The number of ether oxygens (including phenoxy) is 1. The molecule has 0 aliphatic carbocycles. The number of nitrogens with one attached hydrogen (secondary N) is 2. The quantitative estimate of drug-likeness (QED) is 0.618. The van der Waals surface area contributed by atoms with Crippen molar-refractivity contribution in [2.24, 2.45) is 0 Å². The van der Waals surface area contributed by atoms with Crippen LogP contribution in [-0.4, -0.2) is 22.8 Å². The highest BCUT2D eigenvalue weighted by Gasteiger charge is 2.16. The lowest BCUT2D eigenvalue weighted by molar-refractivity contribution is -0.122. The Morgan fingerprint density at radius 3 is 2.69 bits per heavy atom. The molecule has 7 heteroatoms. The number of thiophene rings is 1. The third-order valence-electron chi connectivity index (χ3n) is 4.31. The monoisotopic (exact) mass is 409 g/mol. The van der Waals surface area contributed by atoms with Crippen LogP contribution in [0.25, 0.3) is 0 Å². The van der Waals surface area contributed by atoms with Gasteiger partial charge in [0.2, 0.25) is 11.8 Å². The number of aryl methyl sites for hydroxylation is 2. The number of carbonyl (C=O) groups is 2. The topological polar surface area (TPSA) is 80.3 Å². The van der Waals surface area contributed by atoms with Crippen molar-refractivity contribution in [2.75, 3.05) is 0 Å². The molecule has 0 fully saturated rings. The Balaban J connectivity index is 1.51. The van der Waals surface area contributed by atoms with Crippen molar-refractivity contribution < 1.29 is 14.3 Å². The third-order valence-corrected chi connectivity index (χ3v) is 5.18. The van der Waals surface area contributed by atoms with Crippen LogP contribution in [0.4, 0.5) is 0 Å². The van der Waals surface area contributed by atoms with Crippen molar-refractivity contribution in [3.05, 3.63) is 75.6 Å². The lowest BCUT2D eigenvalue weighted by atomic mass is 10.1. The van der Waals surface area contributed by atoms with Gasteiger partial charge < -0.3 is 15.4 Å². The zero-order chi connectivity index (χ0) is 20.8. The Labute approximate surface area is 173 Å². The second-order valence-electron chi connectivity index (χ2n) is 6.77. The fourth-order valence-electron chi connectivity index (χ4n) is 2.59. The summed E-state index contributed by atoms with van der Waals surface area (Å²) in [5.74, 6) is 0.752. The molecule has 0 aliphatic rings. The summed E-state index contributed by atoms with van der Waals surface area (Å²) in [6.07, 6.45) is 1.66. The fourth-order valence-corrected chi connectivity index (χ4v) is 3.22. The Bertz CT molecular complexity index is 985. The summed E-state index contributed by atoms with van der Waals surface area (Å²) in [5, 5.41) is 7.31. The van der Waals surface area contributed by atoms with Crippen LogP contribution in [0, 0.1) is 13.8 Å². The van der Waals surface area contributed by atoms with E-state index in [4.69, 9.17) is 4.74 Å². The average molecular weight is 410 g/mol. The first-order valence-corrected chi connectivity index (χ1v) is 10.1. The van der Waals surface area contributed by atoms with Crippen molar-refractivity contribution in [3.8, 4) is 11.6 Å². The van der Waals surface area contributed by atoms with Gasteiger partial charge in [0.15, 0.2) is 0 Å². The number of nitrogens with zero attached hydrogens (tertiary/aromatic N) is 1. The highest BCUT2D eigenvalue weighted by molar-refractivity contribution is 7.12. The highest BCUT2D eigenvalue weighted by atomic mass is 32.1. The number of amides is 2. The molecule has 150 valence electrons. The fraction of sp³-hybridized carbons (Fsp3) is 0.227. The van der Waals surface area contributed by atoms with E-state index in [-0.39, 0.29) is 11.8 Å². The molecule has 2 heterocycles. The van der Waals surface area contributed by atoms with E-state index in [0.29, 0.717) is 17.3 Å². The lowest BCUT2D eigenvalue weighted by Gasteiger charge is -2.14. The SMILES string of the molecule is Cc1ccc(C)c(Oc2ccc(CNC(=O)[C@H](C)NC(=O)c3cccs3)cn2)c1. The van der Waals surface area contributed by atoms with Gasteiger partial charge in [0.05, 0.1) is 4.88 Å². The number of hydrogen-bond donors (Lipinski definition) is 2. The van der Waals surface area contributed by atoms with Crippen molar-refractivity contribution in [1.82, 2.24) is 15.6 Å². The third kappa shape index (κ3) is 5.65. The molecular weight excluding hydrogens is 386 g/mol. The molecule has 0 saturated heterocycles. The highest BCUT2D eigenvalue weighted by Crippen LogP contribution is 2.24. The number of benzene rings is 1. The molecule has 1 atom stereocenters. The Morgan fingerprint density at radius 2 is 2.00 bits per heavy atom. The molecule has 3 rings (SSSR count). The molecule has 0 aliphatic heterocycles. The number of rotatable bonds is 7. The zero-order valence-corrected chi connectivity index (χ0v) is 17.4. The van der Waals surface area contributed by atoms with Gasteiger partial charge in [-0.2, -0.15) is 0 Å². The summed E-state index contributed by atoms with van der Waals surface area (Å²) in [6, 6.07) is 12.5. The molecule has 2 aromatic heterocycles. The summed E-state index contributed by atoms with van der Waals surface area (Å²) in [5.41, 5.74) is 2.99. The van der Waals surface area contributed by atoms with Gasteiger partial charge in [0.1, 0.15) is 11.8 Å². The van der Waals surface area contributed by atoms with Gasteiger partial charge in [-0.25, -0.2) is 4.98 Å². The van der Waals surface area contributed by atoms with Crippen LogP contribution in [0.1, 0.15) is 33.3 Å². The van der Waals surface area contributed by atoms with Gasteiger partial charge in [0.25, 0.3) is 5.91 Å². The molecule has 3 aromatic rings. The summed E-state index contributed by atoms with van der Waals surface area (Å²) in [4.78, 5) is 29.1. The van der Waals surface area contributed by atoms with Crippen LogP contribution in [0.5, 0.6) is 11.6 Å². The Kier molecular flexibility index (Phi) is 6.61. The predicted octanol–water partition coefficient (Wildman–Crippen LogP) is 3.99. The van der Waals surface area contributed by atoms with Gasteiger partial charge >= 0.3 is 0 Å². The van der Waals surface area contributed by atoms with Crippen LogP contribution in [0.2, 0.25) is 0 Å². The molecular formula is C22H23N3O3S. The number of carbonyl (C=O) groups excluding carboxylic acids is 2. The van der Waals surface area contributed by atoms with Gasteiger partial charge in [-0.1, -0.05) is 24.3 Å². The van der Waals surface area contributed by atoms with Gasteiger partial charge in [-0.3, -0.25) is 9.59 Å². The first-order valence-electron chi connectivity index (χ1n) is 9.24. The first-order chi connectivity index (χ1) is 13.9. The molecule has 0 spiro atoms. The molecule has 29 heavy (non-hydrogen) atoms. The van der Waals surface area contributed by atoms with Crippen LogP contribution in [-0.2, 0) is 11.3 Å². The summed E-state index contributed by atoms with van der Waals surface area (Å²) in [6.45, 7) is 5.96. The van der Waals surface area contributed by atoms with Gasteiger partial charge in [0, 0.05) is 18.8 Å². The number of hydrogen-bond acceptors (Lipinski definition) is 5. The Hall–Kier alpha value is -3.19. The normalized spacial score (nSPS) is 11.6. The molecule has 2 amide bonds. The van der Waals surface area contributed by atoms with E-state index in [1.807, 2.05) is 43.5 Å². The minimum atomic E-state index is -0.635. The second kappa shape index (κ2) is 9.34. The molecule has 6 nitrogen and oxygen atoms in total. The van der Waals surface area contributed by atoms with E-state index in [2.05, 4.69) is 15.6 Å². The van der Waals surface area contributed by atoms with E-state index >= 15 is 0 Å². The minimum Gasteiger partial charge on any atom is -0.439 e. The smallest absolute Gasteiger partial charge is 0.261 e. The molecule has 1 aromatic carbocycles. The maximum absolute atomic E-state index is 12.2. The molecule has 0 unspecified atom stereocenters. The van der Waals surface area contributed by atoms with E-state index in [1.54, 1.807) is 31.3 Å². The standard InChI is InChI=1S/C22H23N3O3S/c1-14-6-7-15(2)18(11-14)28-20-9-8-17(12-23-20)13-24-21(26)16(3)25-22(27)19-5-4-10-29-19/h4-12,16H,13H2,1-3H3,(H,24,26)(H,25,27)/t16-/m0/s1. The van der Waals surface area contributed by atoms with Gasteiger partial charge in [-0.05, 0) is 55.0 Å².